The second kappa shape index (κ2) is 7.06. The summed E-state index contributed by atoms with van der Waals surface area (Å²) in [5, 5.41) is 0. The second-order valence-electron chi connectivity index (χ2n) is 6.91. The molecule has 1 aliphatic carbocycles. The molecule has 1 fully saturated rings. The highest BCUT2D eigenvalue weighted by Gasteiger charge is 2.33. The van der Waals surface area contributed by atoms with Crippen LogP contribution >= 0.6 is 0 Å². The van der Waals surface area contributed by atoms with Gasteiger partial charge in [-0.3, -0.25) is 0 Å². The number of aromatic nitrogens is 1. The fraction of sp³-hybridized carbons (Fsp3) is 0.667. The van der Waals surface area contributed by atoms with Crippen LogP contribution in [0.1, 0.15) is 45.6 Å². The zero-order valence-electron chi connectivity index (χ0n) is 13.7. The van der Waals surface area contributed by atoms with E-state index >= 15 is 0 Å². The van der Waals surface area contributed by atoms with E-state index < -0.39 is 0 Å². The van der Waals surface area contributed by atoms with E-state index in [1.807, 2.05) is 36.0 Å². The molecule has 21 heavy (non-hydrogen) atoms. The van der Waals surface area contributed by atoms with Crippen molar-refractivity contribution in [1.29, 1.82) is 0 Å². The molecule has 1 aliphatic rings. The summed E-state index contributed by atoms with van der Waals surface area (Å²) in [7, 11) is 0. The predicted octanol–water partition coefficient (Wildman–Crippen LogP) is 3.29. The van der Waals surface area contributed by atoms with E-state index in [4.69, 9.17) is 4.74 Å². The molecule has 1 aromatic rings. The van der Waals surface area contributed by atoms with Gasteiger partial charge in [0.15, 0.2) is 12.4 Å². The van der Waals surface area contributed by atoms with Crippen LogP contribution in [0, 0.1) is 24.7 Å². The van der Waals surface area contributed by atoms with Crippen molar-refractivity contribution >= 4 is 5.97 Å². The van der Waals surface area contributed by atoms with E-state index in [1.54, 1.807) is 0 Å². The second-order valence-corrected chi connectivity index (χ2v) is 6.91. The summed E-state index contributed by atoms with van der Waals surface area (Å²) >= 11 is 0. The molecular weight excluding hydrogens is 262 g/mol. The summed E-state index contributed by atoms with van der Waals surface area (Å²) in [5.41, 5.74) is 1.15. The predicted molar refractivity (Wildman–Crippen MR) is 82.6 cm³/mol. The van der Waals surface area contributed by atoms with Crippen molar-refractivity contribution in [1.82, 2.24) is 0 Å². The van der Waals surface area contributed by atoms with Crippen molar-refractivity contribution in [3.05, 3.63) is 30.1 Å². The van der Waals surface area contributed by atoms with Crippen molar-refractivity contribution in [2.75, 3.05) is 0 Å². The number of aryl methyl sites for hydroxylation is 1. The average Bonchev–Trinajstić information content (AvgIpc) is 2.38. The van der Waals surface area contributed by atoms with Gasteiger partial charge in [0.1, 0.15) is 6.10 Å². The van der Waals surface area contributed by atoms with Crippen LogP contribution in [0.4, 0.5) is 0 Å². The third-order valence-corrected chi connectivity index (χ3v) is 4.56. The summed E-state index contributed by atoms with van der Waals surface area (Å²) in [5.74, 6) is 1.62. The monoisotopic (exact) mass is 290 g/mol. The highest BCUT2D eigenvalue weighted by atomic mass is 16.5. The fourth-order valence-electron chi connectivity index (χ4n) is 3.36. The van der Waals surface area contributed by atoms with Crippen molar-refractivity contribution in [3.63, 3.8) is 0 Å². The molecular formula is C18H28NO2+. The zero-order chi connectivity index (χ0) is 15.4. The molecule has 0 amide bonds. The quantitative estimate of drug-likeness (QED) is 0.629. The molecule has 0 unspecified atom stereocenters. The Morgan fingerprint density at radius 1 is 1.43 bits per heavy atom. The first-order valence-electron chi connectivity index (χ1n) is 8.11. The van der Waals surface area contributed by atoms with Gasteiger partial charge in [-0.1, -0.05) is 27.2 Å². The Morgan fingerprint density at radius 3 is 2.86 bits per heavy atom. The van der Waals surface area contributed by atoms with E-state index in [2.05, 4.69) is 20.8 Å². The number of ether oxygens (including phenoxy) is 1. The third-order valence-electron chi connectivity index (χ3n) is 4.56. The molecule has 1 heterocycles. The van der Waals surface area contributed by atoms with E-state index in [1.165, 1.54) is 12.8 Å². The first-order chi connectivity index (χ1) is 9.95. The van der Waals surface area contributed by atoms with Gasteiger partial charge >= 0.3 is 5.97 Å². The van der Waals surface area contributed by atoms with Gasteiger partial charge in [0.25, 0.3) is 0 Å². The van der Waals surface area contributed by atoms with Gasteiger partial charge in [0, 0.05) is 11.6 Å². The number of nitrogens with zero attached hydrogens (tertiary/aromatic N) is 1. The normalized spacial score (nSPS) is 25.9. The van der Waals surface area contributed by atoms with Crippen molar-refractivity contribution in [3.8, 4) is 0 Å². The van der Waals surface area contributed by atoms with Crippen LogP contribution in [-0.4, -0.2) is 12.1 Å². The number of carbonyl (C=O) groups is 1. The summed E-state index contributed by atoms with van der Waals surface area (Å²) in [6.45, 7) is 9.05. The molecule has 1 saturated carbocycles. The molecule has 0 aliphatic heterocycles. The first kappa shape index (κ1) is 16.0. The average molecular weight is 290 g/mol. The summed E-state index contributed by atoms with van der Waals surface area (Å²) < 4.78 is 7.72. The molecule has 0 spiro atoms. The molecule has 0 radical (unpaired) electrons. The maximum absolute atomic E-state index is 12.2. The Morgan fingerprint density at radius 2 is 2.19 bits per heavy atom. The molecule has 0 N–H and O–H groups in total. The number of hydrogen-bond donors (Lipinski definition) is 0. The van der Waals surface area contributed by atoms with Crippen LogP contribution in [0.3, 0.4) is 0 Å². The lowest BCUT2D eigenvalue weighted by Gasteiger charge is -2.36. The molecule has 116 valence electrons. The Kier molecular flexibility index (Phi) is 5.38. The van der Waals surface area contributed by atoms with Crippen molar-refractivity contribution in [2.45, 2.75) is 59.6 Å². The number of pyridine rings is 1. The van der Waals surface area contributed by atoms with Gasteiger partial charge in [-0.05, 0) is 43.6 Å². The molecule has 2 rings (SSSR count). The van der Waals surface area contributed by atoms with Gasteiger partial charge < -0.3 is 4.74 Å². The van der Waals surface area contributed by atoms with Crippen LogP contribution in [0.15, 0.2) is 24.5 Å². The maximum atomic E-state index is 12.2. The Labute approximate surface area is 128 Å². The summed E-state index contributed by atoms with van der Waals surface area (Å²) in [6.07, 6.45) is 7.42. The lowest BCUT2D eigenvalue weighted by Crippen LogP contribution is -2.42. The molecule has 0 saturated heterocycles. The SMILES string of the molecule is Cc1ccc[n+](CC(=O)O[C@@H]2C[C@H](C)CC[C@@H]2C(C)C)c1. The smallest absolute Gasteiger partial charge is 0.372 e. The lowest BCUT2D eigenvalue weighted by atomic mass is 9.75. The molecule has 0 aromatic carbocycles. The van der Waals surface area contributed by atoms with Gasteiger partial charge in [-0.2, -0.15) is 4.57 Å². The minimum atomic E-state index is -0.115. The van der Waals surface area contributed by atoms with E-state index in [0.717, 1.165) is 12.0 Å². The highest BCUT2D eigenvalue weighted by Crippen LogP contribution is 2.35. The van der Waals surface area contributed by atoms with Crippen LogP contribution < -0.4 is 4.57 Å². The summed E-state index contributed by atoms with van der Waals surface area (Å²) in [6, 6.07) is 3.99. The minimum absolute atomic E-state index is 0.0895. The third kappa shape index (κ3) is 4.55. The van der Waals surface area contributed by atoms with Crippen LogP contribution in [0.25, 0.3) is 0 Å². The lowest BCUT2D eigenvalue weighted by molar-refractivity contribution is -0.686. The largest absolute Gasteiger partial charge is 0.457 e. The first-order valence-corrected chi connectivity index (χ1v) is 8.11. The number of esters is 1. The van der Waals surface area contributed by atoms with Gasteiger partial charge in [0.05, 0.1) is 0 Å². The molecule has 1 aromatic heterocycles. The molecule has 3 nitrogen and oxygen atoms in total. The van der Waals surface area contributed by atoms with E-state index in [9.17, 15) is 4.79 Å². The minimum Gasteiger partial charge on any atom is -0.457 e. The Bertz CT molecular complexity index is 484. The van der Waals surface area contributed by atoms with Crippen LogP contribution in [0.2, 0.25) is 0 Å². The standard InChI is InChI=1S/C18H28NO2/c1-13(2)16-8-7-14(3)10-17(16)21-18(20)12-19-9-5-6-15(4)11-19/h5-6,9,11,13-14,16-17H,7-8,10,12H2,1-4H3/q+1/t14-,16-,17-/m1/s1. The number of carbonyl (C=O) groups excluding carboxylic acids is 1. The summed E-state index contributed by atoms with van der Waals surface area (Å²) in [4.78, 5) is 12.2. The fourth-order valence-corrected chi connectivity index (χ4v) is 3.36. The van der Waals surface area contributed by atoms with Crippen LogP contribution in [0.5, 0.6) is 0 Å². The molecule has 3 atom stereocenters. The Hall–Kier alpha value is -1.38. The van der Waals surface area contributed by atoms with Gasteiger partial charge in [0.2, 0.25) is 6.54 Å². The van der Waals surface area contributed by atoms with Crippen molar-refractivity contribution < 1.29 is 14.1 Å². The zero-order valence-corrected chi connectivity index (χ0v) is 13.7. The Balaban J connectivity index is 1.96. The van der Waals surface area contributed by atoms with E-state index in [0.29, 0.717) is 24.3 Å². The molecule has 0 bridgehead atoms. The van der Waals surface area contributed by atoms with E-state index in [-0.39, 0.29) is 12.1 Å². The van der Waals surface area contributed by atoms with Gasteiger partial charge in [-0.25, -0.2) is 4.79 Å². The molecule has 3 heteroatoms. The topological polar surface area (TPSA) is 30.2 Å². The van der Waals surface area contributed by atoms with Crippen molar-refractivity contribution in [2.24, 2.45) is 17.8 Å². The number of hydrogen-bond acceptors (Lipinski definition) is 2. The maximum Gasteiger partial charge on any atom is 0.372 e. The van der Waals surface area contributed by atoms with Gasteiger partial charge in [-0.15, -0.1) is 0 Å². The van der Waals surface area contributed by atoms with Crippen LogP contribution in [-0.2, 0) is 16.1 Å². The highest BCUT2D eigenvalue weighted by molar-refractivity contribution is 5.67. The number of rotatable bonds is 4.